The number of nitrogens with zero attached hydrogens (tertiary/aromatic N) is 1. The summed E-state index contributed by atoms with van der Waals surface area (Å²) >= 11 is 0. The van der Waals surface area contributed by atoms with Gasteiger partial charge < -0.3 is 10.6 Å². The van der Waals surface area contributed by atoms with E-state index >= 15 is 0 Å². The van der Waals surface area contributed by atoms with E-state index in [4.69, 9.17) is 0 Å². The third kappa shape index (κ3) is 4.91. The highest BCUT2D eigenvalue weighted by Gasteiger charge is 2.25. The van der Waals surface area contributed by atoms with Gasteiger partial charge in [0.15, 0.2) is 0 Å². The average Bonchev–Trinajstić information content (AvgIpc) is 2.68. The molecule has 4 nitrogen and oxygen atoms in total. The maximum absolute atomic E-state index is 12.4. The van der Waals surface area contributed by atoms with E-state index in [-0.39, 0.29) is 11.9 Å². The minimum absolute atomic E-state index is 0.0842. The van der Waals surface area contributed by atoms with Gasteiger partial charge in [-0.25, -0.2) is 0 Å². The molecule has 1 saturated heterocycles. The van der Waals surface area contributed by atoms with E-state index in [1.165, 1.54) is 11.1 Å². The minimum Gasteiger partial charge on any atom is -0.351 e. The van der Waals surface area contributed by atoms with Gasteiger partial charge in [-0.15, -0.1) is 0 Å². The summed E-state index contributed by atoms with van der Waals surface area (Å²) in [5, 5.41) is 6.49. The molecule has 1 amide bonds. The molecule has 0 aromatic heterocycles. The van der Waals surface area contributed by atoms with Gasteiger partial charge in [-0.05, 0) is 23.1 Å². The Morgan fingerprint density at radius 2 is 1.88 bits per heavy atom. The number of rotatable bonds is 6. The van der Waals surface area contributed by atoms with Crippen LogP contribution in [0.15, 0.2) is 54.6 Å². The number of carbonyl (C=O) groups excluding carboxylic acids is 1. The van der Waals surface area contributed by atoms with Gasteiger partial charge in [0, 0.05) is 32.2 Å². The second-order valence-corrected chi connectivity index (χ2v) is 6.55. The van der Waals surface area contributed by atoms with Crippen LogP contribution in [0, 0.1) is 0 Å². The van der Waals surface area contributed by atoms with Gasteiger partial charge in [-0.3, -0.25) is 9.69 Å². The molecule has 1 fully saturated rings. The Balaban J connectivity index is 1.59. The zero-order valence-corrected chi connectivity index (χ0v) is 14.9. The maximum atomic E-state index is 12.4. The summed E-state index contributed by atoms with van der Waals surface area (Å²) in [4.78, 5) is 14.7. The van der Waals surface area contributed by atoms with Crippen molar-refractivity contribution in [2.24, 2.45) is 0 Å². The van der Waals surface area contributed by atoms with Crippen molar-refractivity contribution in [1.82, 2.24) is 15.5 Å². The molecule has 0 saturated carbocycles. The molecule has 2 aromatic rings. The van der Waals surface area contributed by atoms with Crippen molar-refractivity contribution in [3.05, 3.63) is 71.3 Å². The quantitative estimate of drug-likeness (QED) is 0.851. The van der Waals surface area contributed by atoms with Crippen LogP contribution in [0.5, 0.6) is 0 Å². The molecule has 132 valence electrons. The second kappa shape index (κ2) is 8.79. The molecule has 0 bridgehead atoms. The number of amides is 1. The fourth-order valence-electron chi connectivity index (χ4n) is 3.28. The first-order chi connectivity index (χ1) is 12.3. The zero-order chi connectivity index (χ0) is 17.5. The summed E-state index contributed by atoms with van der Waals surface area (Å²) in [6, 6.07) is 19.1. The third-order valence-electron chi connectivity index (χ3n) is 4.81. The Morgan fingerprint density at radius 1 is 1.12 bits per heavy atom. The van der Waals surface area contributed by atoms with Crippen LogP contribution in [0.2, 0.25) is 0 Å². The van der Waals surface area contributed by atoms with Gasteiger partial charge in [-0.2, -0.15) is 0 Å². The van der Waals surface area contributed by atoms with Crippen LogP contribution in [0.1, 0.15) is 29.7 Å². The summed E-state index contributed by atoms with van der Waals surface area (Å²) in [7, 11) is 0. The molecule has 0 radical (unpaired) electrons. The monoisotopic (exact) mass is 337 g/mol. The lowest BCUT2D eigenvalue weighted by Gasteiger charge is -2.36. The van der Waals surface area contributed by atoms with Crippen molar-refractivity contribution in [3.8, 4) is 0 Å². The van der Waals surface area contributed by atoms with Gasteiger partial charge in [0.25, 0.3) is 0 Å². The molecule has 2 N–H and O–H groups in total. The summed E-state index contributed by atoms with van der Waals surface area (Å²) < 4.78 is 0. The van der Waals surface area contributed by atoms with Crippen LogP contribution in [0.25, 0.3) is 0 Å². The van der Waals surface area contributed by atoms with Gasteiger partial charge in [0.1, 0.15) is 0 Å². The van der Waals surface area contributed by atoms with Crippen LogP contribution in [-0.2, 0) is 17.8 Å². The number of carbonyl (C=O) groups is 1. The molecule has 0 aliphatic carbocycles. The van der Waals surface area contributed by atoms with Gasteiger partial charge in [-0.1, -0.05) is 61.5 Å². The van der Waals surface area contributed by atoms with E-state index in [1.807, 2.05) is 30.3 Å². The van der Waals surface area contributed by atoms with Gasteiger partial charge >= 0.3 is 0 Å². The van der Waals surface area contributed by atoms with Crippen LogP contribution in [0.3, 0.4) is 0 Å². The van der Waals surface area contributed by atoms with E-state index in [0.29, 0.717) is 13.1 Å². The van der Waals surface area contributed by atoms with Crippen molar-refractivity contribution in [2.45, 2.75) is 25.9 Å². The van der Waals surface area contributed by atoms with E-state index < -0.39 is 0 Å². The first-order valence-corrected chi connectivity index (χ1v) is 9.10. The lowest BCUT2D eigenvalue weighted by Crippen LogP contribution is -2.49. The first-order valence-electron chi connectivity index (χ1n) is 9.10. The third-order valence-corrected chi connectivity index (χ3v) is 4.81. The van der Waals surface area contributed by atoms with Crippen molar-refractivity contribution in [3.63, 3.8) is 0 Å². The van der Waals surface area contributed by atoms with Crippen molar-refractivity contribution in [2.75, 3.05) is 26.2 Å². The Hall–Kier alpha value is -2.17. The molecule has 1 aliphatic heterocycles. The van der Waals surface area contributed by atoms with Crippen LogP contribution >= 0.6 is 0 Å². The molecule has 1 aliphatic rings. The van der Waals surface area contributed by atoms with Gasteiger partial charge in [0.2, 0.25) is 5.91 Å². The molecule has 1 unspecified atom stereocenters. The highest BCUT2D eigenvalue weighted by Crippen LogP contribution is 2.22. The van der Waals surface area contributed by atoms with Crippen molar-refractivity contribution in [1.29, 1.82) is 0 Å². The van der Waals surface area contributed by atoms with Crippen LogP contribution in [-0.4, -0.2) is 37.0 Å². The Kier molecular flexibility index (Phi) is 6.20. The molecular weight excluding hydrogens is 310 g/mol. The maximum Gasteiger partial charge on any atom is 0.234 e. The number of aryl methyl sites for hydroxylation is 1. The SMILES string of the molecule is CCc1ccc(C2CNCCN2CC(=O)NCc2ccccc2)cc1. The highest BCUT2D eigenvalue weighted by atomic mass is 16.2. The number of piperazine rings is 1. The first kappa shape index (κ1) is 17.6. The number of benzene rings is 2. The molecule has 25 heavy (non-hydrogen) atoms. The van der Waals surface area contributed by atoms with Gasteiger partial charge in [0.05, 0.1) is 6.54 Å². The molecule has 1 heterocycles. The molecule has 3 rings (SSSR count). The van der Waals surface area contributed by atoms with Crippen LogP contribution in [0.4, 0.5) is 0 Å². The zero-order valence-electron chi connectivity index (χ0n) is 14.9. The smallest absolute Gasteiger partial charge is 0.234 e. The fraction of sp³-hybridized carbons (Fsp3) is 0.381. The number of hydrogen-bond acceptors (Lipinski definition) is 3. The fourth-order valence-corrected chi connectivity index (χ4v) is 3.28. The predicted octanol–water partition coefficient (Wildman–Crippen LogP) is 2.51. The number of hydrogen-bond donors (Lipinski definition) is 2. The summed E-state index contributed by atoms with van der Waals surface area (Å²) in [5.74, 6) is 0.0842. The molecule has 0 spiro atoms. The minimum atomic E-state index is 0.0842. The summed E-state index contributed by atoms with van der Waals surface area (Å²) in [6.45, 7) is 5.89. The predicted molar refractivity (Wildman–Crippen MR) is 101 cm³/mol. The molecular formula is C21H27N3O. The topological polar surface area (TPSA) is 44.4 Å². The molecule has 2 aromatic carbocycles. The van der Waals surface area contributed by atoms with E-state index in [0.717, 1.165) is 31.6 Å². The van der Waals surface area contributed by atoms with Crippen molar-refractivity contribution < 1.29 is 4.79 Å². The normalized spacial score (nSPS) is 18.0. The number of nitrogens with one attached hydrogen (secondary N) is 2. The average molecular weight is 337 g/mol. The highest BCUT2D eigenvalue weighted by molar-refractivity contribution is 5.78. The molecule has 4 heteroatoms. The van der Waals surface area contributed by atoms with E-state index in [1.54, 1.807) is 0 Å². The summed E-state index contributed by atoms with van der Waals surface area (Å²) in [6.07, 6.45) is 1.05. The Bertz CT molecular complexity index is 669. The molecule has 1 atom stereocenters. The summed E-state index contributed by atoms with van der Waals surface area (Å²) in [5.41, 5.74) is 3.75. The largest absolute Gasteiger partial charge is 0.351 e. The van der Waals surface area contributed by atoms with E-state index in [9.17, 15) is 4.79 Å². The lowest BCUT2D eigenvalue weighted by atomic mass is 10.0. The second-order valence-electron chi connectivity index (χ2n) is 6.55. The standard InChI is InChI=1S/C21H27N3O/c1-2-17-8-10-19(11-9-17)20-15-22-12-13-24(20)16-21(25)23-14-18-6-4-3-5-7-18/h3-11,20,22H,2,12-16H2,1H3,(H,23,25). The Labute approximate surface area is 150 Å². The lowest BCUT2D eigenvalue weighted by molar-refractivity contribution is -0.123. The van der Waals surface area contributed by atoms with E-state index in [2.05, 4.69) is 46.7 Å². The van der Waals surface area contributed by atoms with Crippen molar-refractivity contribution >= 4 is 5.91 Å². The van der Waals surface area contributed by atoms with Crippen LogP contribution < -0.4 is 10.6 Å². The Morgan fingerprint density at radius 3 is 2.60 bits per heavy atom.